The maximum absolute atomic E-state index is 12.7. The molecular weight excluding hydrogens is 268 g/mol. The number of nitrogens with one attached hydrogen (secondary N) is 1. The summed E-state index contributed by atoms with van der Waals surface area (Å²) in [5, 5.41) is 0. The van der Waals surface area contributed by atoms with E-state index in [1.54, 1.807) is 13.8 Å². The van der Waals surface area contributed by atoms with Crippen LogP contribution in [0.5, 0.6) is 0 Å². The molecule has 0 aliphatic carbocycles. The van der Waals surface area contributed by atoms with Crippen molar-refractivity contribution in [1.82, 2.24) is 9.88 Å². The Morgan fingerprint density at radius 1 is 1.19 bits per heavy atom. The number of ketones is 1. The average Bonchev–Trinajstić information content (AvgIpc) is 2.80. The first kappa shape index (κ1) is 15.8. The molecule has 21 heavy (non-hydrogen) atoms. The number of piperidine rings is 1. The molecule has 2 heterocycles. The zero-order chi connectivity index (χ0) is 15.6. The highest BCUT2D eigenvalue weighted by molar-refractivity contribution is 6.03. The maximum atomic E-state index is 12.7. The standard InChI is InChI=1S/C16H24N2O3/c1-10-13(16(20)21-4)11(2)17-14(10)15(19)12(3)18-8-6-5-7-9-18/h12,17H,5-9H2,1-4H3/t12-/m0/s1. The third kappa shape index (κ3) is 3.02. The van der Waals surface area contributed by atoms with Crippen molar-refractivity contribution in [2.45, 2.75) is 46.1 Å². The van der Waals surface area contributed by atoms with Crippen molar-refractivity contribution in [1.29, 1.82) is 0 Å². The summed E-state index contributed by atoms with van der Waals surface area (Å²) in [6, 6.07) is -0.160. The van der Waals surface area contributed by atoms with E-state index in [-0.39, 0.29) is 11.8 Å². The van der Waals surface area contributed by atoms with E-state index in [0.29, 0.717) is 22.5 Å². The van der Waals surface area contributed by atoms with Gasteiger partial charge in [0.15, 0.2) is 5.78 Å². The lowest BCUT2D eigenvalue weighted by molar-refractivity contribution is 0.0599. The fraction of sp³-hybridized carbons (Fsp3) is 0.625. The van der Waals surface area contributed by atoms with Gasteiger partial charge in [0.25, 0.3) is 0 Å². The van der Waals surface area contributed by atoms with E-state index in [1.807, 2.05) is 6.92 Å². The predicted octanol–water partition coefficient (Wildman–Crippen LogP) is 2.48. The van der Waals surface area contributed by atoms with E-state index in [0.717, 1.165) is 25.9 Å². The molecule has 5 heteroatoms. The quantitative estimate of drug-likeness (QED) is 0.684. The predicted molar refractivity (Wildman–Crippen MR) is 80.8 cm³/mol. The zero-order valence-electron chi connectivity index (χ0n) is 13.3. The second-order valence-corrected chi connectivity index (χ2v) is 5.75. The van der Waals surface area contributed by atoms with Crippen LogP contribution in [-0.2, 0) is 4.74 Å². The van der Waals surface area contributed by atoms with Crippen LogP contribution in [0.1, 0.15) is 58.3 Å². The number of aryl methyl sites for hydroxylation is 1. The minimum Gasteiger partial charge on any atom is -0.465 e. The van der Waals surface area contributed by atoms with Gasteiger partial charge in [0.1, 0.15) is 0 Å². The number of aromatic nitrogens is 1. The van der Waals surface area contributed by atoms with E-state index in [2.05, 4.69) is 9.88 Å². The summed E-state index contributed by atoms with van der Waals surface area (Å²) >= 11 is 0. The summed E-state index contributed by atoms with van der Waals surface area (Å²) in [6.45, 7) is 7.47. The van der Waals surface area contributed by atoms with Gasteiger partial charge in [-0.1, -0.05) is 6.42 Å². The first-order chi connectivity index (χ1) is 9.97. The Labute approximate surface area is 125 Å². The Balaban J connectivity index is 2.25. The lowest BCUT2D eigenvalue weighted by Gasteiger charge is -2.31. The number of hydrogen-bond donors (Lipinski definition) is 1. The third-order valence-corrected chi connectivity index (χ3v) is 4.39. The Bertz CT molecular complexity index is 542. The minimum atomic E-state index is -0.397. The lowest BCUT2D eigenvalue weighted by atomic mass is 10.0. The van der Waals surface area contributed by atoms with Gasteiger partial charge in [0.05, 0.1) is 24.4 Å². The van der Waals surface area contributed by atoms with Gasteiger partial charge >= 0.3 is 5.97 Å². The van der Waals surface area contributed by atoms with Crippen molar-refractivity contribution in [3.05, 3.63) is 22.5 Å². The van der Waals surface area contributed by atoms with Crippen molar-refractivity contribution >= 4 is 11.8 Å². The molecule has 0 unspecified atom stereocenters. The first-order valence-corrected chi connectivity index (χ1v) is 7.53. The van der Waals surface area contributed by atoms with Gasteiger partial charge in [-0.05, 0) is 52.3 Å². The Morgan fingerprint density at radius 3 is 2.38 bits per heavy atom. The molecule has 0 amide bonds. The summed E-state index contributed by atoms with van der Waals surface area (Å²) in [7, 11) is 1.35. The van der Waals surface area contributed by atoms with E-state index in [4.69, 9.17) is 4.74 Å². The van der Waals surface area contributed by atoms with Gasteiger partial charge in [0.2, 0.25) is 0 Å². The van der Waals surface area contributed by atoms with Crippen molar-refractivity contribution in [2.75, 3.05) is 20.2 Å². The SMILES string of the molecule is COC(=O)c1c(C)[nH]c(C(=O)[C@H](C)N2CCCCC2)c1C. The van der Waals surface area contributed by atoms with Crippen LogP contribution in [-0.4, -0.2) is 47.9 Å². The number of Topliss-reactive ketones (excluding diaryl/α,β-unsaturated/α-hetero) is 1. The smallest absolute Gasteiger partial charge is 0.339 e. The summed E-state index contributed by atoms with van der Waals surface area (Å²) in [5.41, 5.74) is 2.39. The number of esters is 1. The molecule has 1 aromatic rings. The summed E-state index contributed by atoms with van der Waals surface area (Å²) in [6.07, 6.45) is 3.53. The van der Waals surface area contributed by atoms with Crippen LogP contribution < -0.4 is 0 Å². The number of carbonyl (C=O) groups is 2. The number of H-pyrrole nitrogens is 1. The molecule has 1 N–H and O–H groups in total. The van der Waals surface area contributed by atoms with Crippen LogP contribution in [0.15, 0.2) is 0 Å². The second-order valence-electron chi connectivity index (χ2n) is 5.75. The molecule has 0 aromatic carbocycles. The molecule has 1 aromatic heterocycles. The van der Waals surface area contributed by atoms with E-state index in [9.17, 15) is 9.59 Å². The number of likely N-dealkylation sites (tertiary alicyclic amines) is 1. The normalized spacial score (nSPS) is 17.5. The average molecular weight is 292 g/mol. The van der Waals surface area contributed by atoms with Crippen LogP contribution in [0.4, 0.5) is 0 Å². The lowest BCUT2D eigenvalue weighted by Crippen LogP contribution is -2.42. The van der Waals surface area contributed by atoms with Gasteiger partial charge < -0.3 is 9.72 Å². The molecular formula is C16H24N2O3. The third-order valence-electron chi connectivity index (χ3n) is 4.39. The highest BCUT2D eigenvalue weighted by Crippen LogP contribution is 2.22. The van der Waals surface area contributed by atoms with E-state index >= 15 is 0 Å². The minimum absolute atomic E-state index is 0.0488. The van der Waals surface area contributed by atoms with Crippen LogP contribution in [0.25, 0.3) is 0 Å². The van der Waals surface area contributed by atoms with Crippen LogP contribution in [0.2, 0.25) is 0 Å². The number of rotatable bonds is 4. The maximum Gasteiger partial charge on any atom is 0.339 e. The van der Waals surface area contributed by atoms with Crippen molar-refractivity contribution in [2.24, 2.45) is 0 Å². The Morgan fingerprint density at radius 2 is 1.81 bits per heavy atom. The number of ether oxygens (including phenoxy) is 1. The molecule has 0 saturated carbocycles. The molecule has 2 rings (SSSR count). The van der Waals surface area contributed by atoms with Gasteiger partial charge in [-0.3, -0.25) is 9.69 Å². The molecule has 0 bridgehead atoms. The summed E-state index contributed by atoms with van der Waals surface area (Å²) in [4.78, 5) is 29.8. The van der Waals surface area contributed by atoms with Gasteiger partial charge in [-0.15, -0.1) is 0 Å². The molecule has 1 atom stereocenters. The van der Waals surface area contributed by atoms with Crippen molar-refractivity contribution < 1.29 is 14.3 Å². The van der Waals surface area contributed by atoms with E-state index < -0.39 is 5.97 Å². The number of nitrogens with zero attached hydrogens (tertiary/aromatic N) is 1. The largest absolute Gasteiger partial charge is 0.465 e. The first-order valence-electron chi connectivity index (χ1n) is 7.53. The number of carbonyl (C=O) groups excluding carboxylic acids is 2. The fourth-order valence-electron chi connectivity index (χ4n) is 3.09. The molecule has 1 saturated heterocycles. The zero-order valence-corrected chi connectivity index (χ0v) is 13.3. The van der Waals surface area contributed by atoms with Crippen molar-refractivity contribution in [3.8, 4) is 0 Å². The van der Waals surface area contributed by atoms with Gasteiger partial charge in [0, 0.05) is 5.69 Å². The summed E-state index contributed by atoms with van der Waals surface area (Å²) < 4.78 is 4.79. The topological polar surface area (TPSA) is 62.4 Å². The molecule has 0 radical (unpaired) electrons. The van der Waals surface area contributed by atoms with Gasteiger partial charge in [-0.25, -0.2) is 4.79 Å². The molecule has 1 fully saturated rings. The van der Waals surface area contributed by atoms with Crippen LogP contribution >= 0.6 is 0 Å². The van der Waals surface area contributed by atoms with E-state index in [1.165, 1.54) is 13.5 Å². The molecule has 116 valence electrons. The highest BCUT2D eigenvalue weighted by atomic mass is 16.5. The Kier molecular flexibility index (Phi) is 4.83. The number of methoxy groups -OCH3 is 1. The molecule has 5 nitrogen and oxygen atoms in total. The molecule has 1 aliphatic rings. The fourth-order valence-corrected chi connectivity index (χ4v) is 3.09. The monoisotopic (exact) mass is 292 g/mol. The van der Waals surface area contributed by atoms with Crippen LogP contribution in [0.3, 0.4) is 0 Å². The molecule has 0 spiro atoms. The molecule has 1 aliphatic heterocycles. The van der Waals surface area contributed by atoms with Crippen LogP contribution in [0, 0.1) is 13.8 Å². The second kappa shape index (κ2) is 6.43. The summed E-state index contributed by atoms with van der Waals surface area (Å²) in [5.74, 6) is -0.349. The highest BCUT2D eigenvalue weighted by Gasteiger charge is 2.28. The number of hydrogen-bond acceptors (Lipinski definition) is 4. The van der Waals surface area contributed by atoms with Crippen molar-refractivity contribution in [3.63, 3.8) is 0 Å². The Hall–Kier alpha value is -1.62. The number of aromatic amines is 1. The van der Waals surface area contributed by atoms with Gasteiger partial charge in [-0.2, -0.15) is 0 Å².